The van der Waals surface area contributed by atoms with Gasteiger partial charge in [0.15, 0.2) is 17.3 Å². The Bertz CT molecular complexity index is 1270. The predicted octanol–water partition coefficient (Wildman–Crippen LogP) is 2.96. The number of imidazole rings is 1. The largest absolute Gasteiger partial charge is 0.493 e. The van der Waals surface area contributed by atoms with E-state index in [-0.39, 0.29) is 11.5 Å². The van der Waals surface area contributed by atoms with Crippen LogP contribution in [0.1, 0.15) is 42.2 Å². The summed E-state index contributed by atoms with van der Waals surface area (Å²) in [5.74, 6) is 0.648. The standard InChI is InChI=1S/C22H26N2O6S/c1-5-19(25)15-7-9-17-16(11-15)23-22(26)24(17)18(13-31(4,27)28)14-8-10-20(29-3)21(12-14)30-6-2/h7-12,18H,5-6,13H2,1-4H3,(H,23,26)/t18-/m1/s1. The van der Waals surface area contributed by atoms with E-state index < -0.39 is 21.6 Å². The summed E-state index contributed by atoms with van der Waals surface area (Å²) in [6.07, 6.45) is 1.48. The second-order valence-electron chi connectivity index (χ2n) is 7.26. The van der Waals surface area contributed by atoms with Gasteiger partial charge in [-0.3, -0.25) is 9.36 Å². The molecule has 0 aliphatic rings. The molecule has 0 amide bonds. The Labute approximate surface area is 180 Å². The summed E-state index contributed by atoms with van der Waals surface area (Å²) >= 11 is 0. The fourth-order valence-electron chi connectivity index (χ4n) is 3.59. The lowest BCUT2D eigenvalue weighted by Gasteiger charge is -2.20. The molecule has 3 rings (SSSR count). The number of aromatic amines is 1. The van der Waals surface area contributed by atoms with Crippen molar-refractivity contribution in [3.8, 4) is 11.5 Å². The maximum Gasteiger partial charge on any atom is 0.327 e. The third kappa shape index (κ3) is 4.82. The lowest BCUT2D eigenvalue weighted by atomic mass is 10.1. The van der Waals surface area contributed by atoms with Crippen LogP contribution < -0.4 is 15.2 Å². The van der Waals surface area contributed by atoms with E-state index in [1.54, 1.807) is 43.3 Å². The van der Waals surface area contributed by atoms with E-state index in [1.807, 2.05) is 6.92 Å². The van der Waals surface area contributed by atoms with Crippen molar-refractivity contribution in [2.45, 2.75) is 26.3 Å². The average molecular weight is 447 g/mol. The number of hydrogen-bond acceptors (Lipinski definition) is 6. The quantitative estimate of drug-likeness (QED) is 0.507. The van der Waals surface area contributed by atoms with Crippen LogP contribution in [0.4, 0.5) is 0 Å². The SMILES string of the molecule is CCOc1cc([C@@H](CS(C)(=O)=O)n2c(=O)[nH]c3cc(C(=O)CC)ccc32)ccc1OC. The summed E-state index contributed by atoms with van der Waals surface area (Å²) in [6.45, 7) is 4.00. The van der Waals surface area contributed by atoms with Crippen molar-refractivity contribution in [3.05, 3.63) is 58.0 Å². The minimum atomic E-state index is -3.45. The molecule has 166 valence electrons. The summed E-state index contributed by atoms with van der Waals surface area (Å²) in [5.41, 5.74) is 1.61. The van der Waals surface area contributed by atoms with Gasteiger partial charge in [-0.25, -0.2) is 13.2 Å². The molecule has 0 bridgehead atoms. The van der Waals surface area contributed by atoms with Crippen LogP contribution in [0.25, 0.3) is 11.0 Å². The van der Waals surface area contributed by atoms with E-state index in [1.165, 1.54) is 11.7 Å². The fourth-order valence-corrected chi connectivity index (χ4v) is 4.51. The van der Waals surface area contributed by atoms with Crippen molar-refractivity contribution >= 4 is 26.7 Å². The van der Waals surface area contributed by atoms with E-state index in [9.17, 15) is 18.0 Å². The Hall–Kier alpha value is -3.07. The Balaban J connectivity index is 2.21. The molecule has 1 atom stereocenters. The van der Waals surface area contributed by atoms with Crippen molar-refractivity contribution in [1.29, 1.82) is 0 Å². The van der Waals surface area contributed by atoms with Crippen molar-refractivity contribution < 1.29 is 22.7 Å². The number of methoxy groups -OCH3 is 1. The van der Waals surface area contributed by atoms with Gasteiger partial charge < -0.3 is 14.5 Å². The molecular weight excluding hydrogens is 420 g/mol. The summed E-state index contributed by atoms with van der Waals surface area (Å²) < 4.78 is 36.9. The molecule has 0 unspecified atom stereocenters. The Kier molecular flexibility index (Phi) is 6.54. The number of sulfone groups is 1. The van der Waals surface area contributed by atoms with Crippen LogP contribution in [0.2, 0.25) is 0 Å². The molecule has 0 saturated heterocycles. The second-order valence-corrected chi connectivity index (χ2v) is 9.45. The van der Waals surface area contributed by atoms with Gasteiger partial charge in [0.25, 0.3) is 0 Å². The van der Waals surface area contributed by atoms with Crippen LogP contribution in [0, 0.1) is 0 Å². The molecule has 0 radical (unpaired) electrons. The van der Waals surface area contributed by atoms with E-state index in [0.717, 1.165) is 6.26 Å². The number of nitrogens with zero attached hydrogens (tertiary/aromatic N) is 1. The average Bonchev–Trinajstić information content (AvgIpc) is 3.05. The summed E-state index contributed by atoms with van der Waals surface area (Å²) in [6, 6.07) is 9.24. The van der Waals surface area contributed by atoms with E-state index in [4.69, 9.17) is 9.47 Å². The van der Waals surface area contributed by atoms with E-state index in [0.29, 0.717) is 46.7 Å². The van der Waals surface area contributed by atoms with Crippen molar-refractivity contribution in [2.75, 3.05) is 25.7 Å². The maximum absolute atomic E-state index is 12.9. The van der Waals surface area contributed by atoms with Crippen LogP contribution >= 0.6 is 0 Å². The number of Topliss-reactive ketones (excluding diaryl/α,β-unsaturated/α-hetero) is 1. The van der Waals surface area contributed by atoms with Crippen LogP contribution in [-0.4, -0.2) is 49.5 Å². The van der Waals surface area contributed by atoms with Crippen molar-refractivity contribution in [3.63, 3.8) is 0 Å². The Morgan fingerprint density at radius 1 is 1.13 bits per heavy atom. The molecule has 0 aliphatic carbocycles. The molecule has 3 aromatic rings. The fraction of sp³-hybridized carbons (Fsp3) is 0.364. The molecule has 9 heteroatoms. The summed E-state index contributed by atoms with van der Waals surface area (Å²) in [7, 11) is -1.93. The zero-order valence-electron chi connectivity index (χ0n) is 18.0. The zero-order chi connectivity index (χ0) is 22.8. The minimum Gasteiger partial charge on any atom is -0.493 e. The van der Waals surface area contributed by atoms with Gasteiger partial charge in [0.1, 0.15) is 9.84 Å². The van der Waals surface area contributed by atoms with Gasteiger partial charge in [-0.05, 0) is 42.8 Å². The van der Waals surface area contributed by atoms with Gasteiger partial charge in [-0.15, -0.1) is 0 Å². The zero-order valence-corrected chi connectivity index (χ0v) is 18.8. The van der Waals surface area contributed by atoms with Crippen LogP contribution in [0.15, 0.2) is 41.2 Å². The smallest absolute Gasteiger partial charge is 0.327 e. The normalized spacial score (nSPS) is 12.6. The van der Waals surface area contributed by atoms with Gasteiger partial charge in [-0.2, -0.15) is 0 Å². The highest BCUT2D eigenvalue weighted by Crippen LogP contribution is 2.33. The van der Waals surface area contributed by atoms with Gasteiger partial charge in [0.2, 0.25) is 0 Å². The molecule has 1 N–H and O–H groups in total. The lowest BCUT2D eigenvalue weighted by molar-refractivity contribution is 0.0988. The first-order valence-corrected chi connectivity index (χ1v) is 12.0. The number of fused-ring (bicyclic) bond motifs is 1. The van der Waals surface area contributed by atoms with Crippen molar-refractivity contribution in [1.82, 2.24) is 9.55 Å². The molecule has 1 aromatic heterocycles. The van der Waals surface area contributed by atoms with E-state index >= 15 is 0 Å². The predicted molar refractivity (Wildman–Crippen MR) is 119 cm³/mol. The third-order valence-electron chi connectivity index (χ3n) is 5.00. The lowest BCUT2D eigenvalue weighted by Crippen LogP contribution is -2.28. The monoisotopic (exact) mass is 446 g/mol. The summed E-state index contributed by atoms with van der Waals surface area (Å²) in [4.78, 5) is 27.7. The maximum atomic E-state index is 12.9. The third-order valence-corrected chi connectivity index (χ3v) is 5.93. The molecule has 31 heavy (non-hydrogen) atoms. The molecule has 0 aliphatic heterocycles. The van der Waals surface area contributed by atoms with Crippen LogP contribution in [-0.2, 0) is 9.84 Å². The highest BCUT2D eigenvalue weighted by atomic mass is 32.2. The number of ketones is 1. The number of carbonyl (C=O) groups excluding carboxylic acids is 1. The number of H-pyrrole nitrogens is 1. The first-order valence-electron chi connectivity index (χ1n) is 9.94. The van der Waals surface area contributed by atoms with E-state index in [2.05, 4.69) is 4.98 Å². The first-order chi connectivity index (χ1) is 14.7. The molecule has 1 heterocycles. The molecule has 2 aromatic carbocycles. The van der Waals surface area contributed by atoms with Gasteiger partial charge in [0.05, 0.1) is 36.5 Å². The second kappa shape index (κ2) is 8.97. The number of hydrogen-bond donors (Lipinski definition) is 1. The van der Waals surface area contributed by atoms with Crippen LogP contribution in [0.3, 0.4) is 0 Å². The molecule has 0 fully saturated rings. The molecule has 0 spiro atoms. The first kappa shape index (κ1) is 22.6. The van der Waals surface area contributed by atoms with Crippen LogP contribution in [0.5, 0.6) is 11.5 Å². The highest BCUT2D eigenvalue weighted by molar-refractivity contribution is 7.90. The topological polar surface area (TPSA) is 107 Å². The number of aromatic nitrogens is 2. The number of nitrogens with one attached hydrogen (secondary N) is 1. The van der Waals surface area contributed by atoms with Crippen molar-refractivity contribution in [2.24, 2.45) is 0 Å². The molecular formula is C22H26N2O6S. The molecule has 0 saturated carbocycles. The summed E-state index contributed by atoms with van der Waals surface area (Å²) in [5, 5.41) is 0. The minimum absolute atomic E-state index is 0.0419. The number of rotatable bonds is 9. The van der Waals surface area contributed by atoms with Gasteiger partial charge >= 0.3 is 5.69 Å². The van der Waals surface area contributed by atoms with Gasteiger partial charge in [-0.1, -0.05) is 13.0 Å². The Morgan fingerprint density at radius 3 is 2.48 bits per heavy atom. The number of ether oxygens (including phenoxy) is 2. The number of benzene rings is 2. The Morgan fingerprint density at radius 2 is 1.87 bits per heavy atom. The number of carbonyl (C=O) groups is 1. The molecule has 8 nitrogen and oxygen atoms in total. The highest BCUT2D eigenvalue weighted by Gasteiger charge is 2.25. The van der Waals surface area contributed by atoms with Gasteiger partial charge in [0, 0.05) is 18.2 Å².